The third-order valence-corrected chi connectivity index (χ3v) is 3.12. The smallest absolute Gasteiger partial charge is 0.0988 e. The largest absolute Gasteiger partial charge is 0.471 e. The van der Waals surface area contributed by atoms with Gasteiger partial charge in [0.15, 0.2) is 0 Å². The first-order valence-corrected chi connectivity index (χ1v) is 5.17. The molecule has 0 radical (unpaired) electrons. The molecule has 2 nitrogen and oxygen atoms in total. The van der Waals surface area contributed by atoms with Crippen LogP contribution >= 0.6 is 0 Å². The topological polar surface area (TPSA) is 26.3 Å². The maximum Gasteiger partial charge on any atom is 0.0988 e. The van der Waals surface area contributed by atoms with Crippen LogP contribution in [0, 0.1) is 0 Å². The van der Waals surface area contributed by atoms with Gasteiger partial charge in [-0.3, -0.25) is 0 Å². The van der Waals surface area contributed by atoms with Crippen molar-refractivity contribution in [1.29, 1.82) is 0 Å². The van der Waals surface area contributed by atoms with Gasteiger partial charge in [-0.05, 0) is 10.8 Å². The molecule has 2 aromatic carbocycles. The van der Waals surface area contributed by atoms with E-state index in [1.54, 1.807) is 25.1 Å². The average Bonchev–Trinajstić information content (AvgIpc) is 2.98. The molecule has 0 spiro atoms. The second kappa shape index (κ2) is 2.67. The molecule has 2 aromatic heterocycles. The molecule has 0 unspecified atom stereocenters. The van der Waals surface area contributed by atoms with Crippen LogP contribution in [0.25, 0.3) is 32.3 Å². The molecule has 0 saturated heterocycles. The van der Waals surface area contributed by atoms with Crippen LogP contribution in [0.3, 0.4) is 0 Å². The first-order chi connectivity index (χ1) is 7.95. The number of hydrogen-bond donors (Lipinski definition) is 0. The number of fused-ring (bicyclic) bond motifs is 6. The molecule has 4 rings (SSSR count). The molecule has 0 saturated carbocycles. The predicted molar refractivity (Wildman–Crippen MR) is 63.5 cm³/mol. The van der Waals surface area contributed by atoms with Crippen LogP contribution in [0.4, 0.5) is 0 Å². The summed E-state index contributed by atoms with van der Waals surface area (Å²) in [6, 6.07) is 8.31. The Morgan fingerprint density at radius 3 is 1.31 bits per heavy atom. The Labute approximate surface area is 91.1 Å². The Balaban J connectivity index is 2.51. The molecule has 76 valence electrons. The van der Waals surface area contributed by atoms with Crippen LogP contribution in [0.15, 0.2) is 58.2 Å². The summed E-state index contributed by atoms with van der Waals surface area (Å²) in [5.41, 5.74) is 0. The Morgan fingerprint density at radius 1 is 0.500 bits per heavy atom. The summed E-state index contributed by atoms with van der Waals surface area (Å²) in [6.45, 7) is 0. The van der Waals surface area contributed by atoms with Crippen molar-refractivity contribution in [2.45, 2.75) is 0 Å². The highest BCUT2D eigenvalue weighted by molar-refractivity contribution is 6.24. The highest BCUT2D eigenvalue weighted by Gasteiger charge is 2.10. The molecule has 0 atom stereocenters. The lowest BCUT2D eigenvalue weighted by atomic mass is 10.0. The van der Waals surface area contributed by atoms with Crippen molar-refractivity contribution in [2.75, 3.05) is 0 Å². The number of furan rings is 2. The summed E-state index contributed by atoms with van der Waals surface area (Å²) < 4.78 is 10.6. The molecule has 0 bridgehead atoms. The van der Waals surface area contributed by atoms with Crippen LogP contribution in [0.5, 0.6) is 0 Å². The molecule has 2 heterocycles. The molecular formula is C14H8O2. The zero-order valence-electron chi connectivity index (χ0n) is 8.44. The summed E-state index contributed by atoms with van der Waals surface area (Å²) in [4.78, 5) is 0. The molecule has 2 heteroatoms. The zero-order chi connectivity index (χ0) is 10.5. The van der Waals surface area contributed by atoms with Gasteiger partial charge < -0.3 is 8.83 Å². The maximum atomic E-state index is 5.31. The van der Waals surface area contributed by atoms with Crippen molar-refractivity contribution >= 4 is 32.3 Å². The molecule has 0 fully saturated rings. The van der Waals surface area contributed by atoms with E-state index in [1.165, 1.54) is 10.8 Å². The second-order valence-electron chi connectivity index (χ2n) is 3.94. The van der Waals surface area contributed by atoms with E-state index in [0.717, 1.165) is 21.5 Å². The van der Waals surface area contributed by atoms with Gasteiger partial charge >= 0.3 is 0 Å². The highest BCUT2D eigenvalue weighted by atomic mass is 16.3. The van der Waals surface area contributed by atoms with Gasteiger partial charge in [-0.1, -0.05) is 24.3 Å². The summed E-state index contributed by atoms with van der Waals surface area (Å²) >= 11 is 0. The lowest BCUT2D eigenvalue weighted by molar-refractivity contribution is 0.570. The summed E-state index contributed by atoms with van der Waals surface area (Å²) in [5, 5.41) is 6.93. The third-order valence-electron chi connectivity index (χ3n) is 3.12. The van der Waals surface area contributed by atoms with Gasteiger partial charge in [0, 0.05) is 21.5 Å². The molecule has 0 amide bonds. The van der Waals surface area contributed by atoms with Crippen molar-refractivity contribution in [3.8, 4) is 0 Å². The van der Waals surface area contributed by atoms with E-state index < -0.39 is 0 Å². The number of rotatable bonds is 0. The standard InChI is InChI=1S/C14H8O2/c1-2-4-10-9(3-1)11-5-15-7-13(11)14-8-16-6-12(10)14/h1-8H. The Morgan fingerprint density at radius 2 is 0.875 bits per heavy atom. The summed E-state index contributed by atoms with van der Waals surface area (Å²) in [5.74, 6) is 0. The first-order valence-electron chi connectivity index (χ1n) is 5.17. The van der Waals surface area contributed by atoms with E-state index in [4.69, 9.17) is 8.83 Å². The van der Waals surface area contributed by atoms with Gasteiger partial charge in [-0.15, -0.1) is 0 Å². The molecule has 4 aromatic rings. The van der Waals surface area contributed by atoms with Gasteiger partial charge in [0.25, 0.3) is 0 Å². The van der Waals surface area contributed by atoms with Crippen LogP contribution < -0.4 is 0 Å². The maximum absolute atomic E-state index is 5.31. The van der Waals surface area contributed by atoms with E-state index in [9.17, 15) is 0 Å². The Hall–Kier alpha value is -2.22. The predicted octanol–water partition coefficient (Wildman–Crippen LogP) is 4.33. The van der Waals surface area contributed by atoms with Crippen molar-refractivity contribution in [3.63, 3.8) is 0 Å². The number of benzene rings is 2. The average molecular weight is 208 g/mol. The van der Waals surface area contributed by atoms with Gasteiger partial charge in [-0.2, -0.15) is 0 Å². The number of hydrogen-bond acceptors (Lipinski definition) is 2. The lowest BCUT2D eigenvalue weighted by Gasteiger charge is -2.00. The molecular weight excluding hydrogens is 200 g/mol. The highest BCUT2D eigenvalue weighted by Crippen LogP contribution is 2.35. The van der Waals surface area contributed by atoms with Crippen LogP contribution in [0.1, 0.15) is 0 Å². The molecule has 0 aliphatic rings. The van der Waals surface area contributed by atoms with Crippen molar-refractivity contribution in [2.24, 2.45) is 0 Å². The molecule has 16 heavy (non-hydrogen) atoms. The van der Waals surface area contributed by atoms with Crippen LogP contribution in [0.2, 0.25) is 0 Å². The zero-order valence-corrected chi connectivity index (χ0v) is 8.44. The summed E-state index contributed by atoms with van der Waals surface area (Å²) in [6.07, 6.45) is 7.15. The first kappa shape index (κ1) is 7.99. The van der Waals surface area contributed by atoms with Crippen molar-refractivity contribution in [1.82, 2.24) is 0 Å². The van der Waals surface area contributed by atoms with Gasteiger partial charge in [0.2, 0.25) is 0 Å². The molecule has 0 aliphatic heterocycles. The summed E-state index contributed by atoms with van der Waals surface area (Å²) in [7, 11) is 0. The van der Waals surface area contributed by atoms with E-state index in [2.05, 4.69) is 12.1 Å². The minimum atomic E-state index is 1.11. The van der Waals surface area contributed by atoms with E-state index >= 15 is 0 Å². The Bertz CT molecular complexity index is 736. The second-order valence-corrected chi connectivity index (χ2v) is 3.94. The monoisotopic (exact) mass is 208 g/mol. The van der Waals surface area contributed by atoms with Crippen molar-refractivity contribution < 1.29 is 8.83 Å². The van der Waals surface area contributed by atoms with Crippen LogP contribution in [-0.2, 0) is 0 Å². The molecule has 0 aliphatic carbocycles. The van der Waals surface area contributed by atoms with Gasteiger partial charge in [0.1, 0.15) is 0 Å². The van der Waals surface area contributed by atoms with Gasteiger partial charge in [-0.25, -0.2) is 0 Å². The van der Waals surface area contributed by atoms with E-state index in [-0.39, 0.29) is 0 Å². The minimum absolute atomic E-state index is 1.11. The quantitative estimate of drug-likeness (QED) is 0.430. The van der Waals surface area contributed by atoms with Crippen molar-refractivity contribution in [3.05, 3.63) is 49.3 Å². The van der Waals surface area contributed by atoms with E-state index in [1.807, 2.05) is 12.1 Å². The molecule has 0 N–H and O–H groups in total. The fourth-order valence-electron chi connectivity index (χ4n) is 2.38. The fraction of sp³-hybridized carbons (Fsp3) is 0. The Kier molecular flexibility index (Phi) is 1.33. The fourth-order valence-corrected chi connectivity index (χ4v) is 2.38. The van der Waals surface area contributed by atoms with E-state index in [0.29, 0.717) is 0 Å². The minimum Gasteiger partial charge on any atom is -0.471 e. The van der Waals surface area contributed by atoms with Crippen LogP contribution in [-0.4, -0.2) is 0 Å². The lowest BCUT2D eigenvalue weighted by Crippen LogP contribution is -1.75. The SMILES string of the molecule is c1ccc2c(c1)c1cocc1c1cocc21. The third kappa shape index (κ3) is 0.823. The van der Waals surface area contributed by atoms with Gasteiger partial charge in [0.05, 0.1) is 25.1 Å². The normalized spacial score (nSPS) is 11.8.